The minimum atomic E-state index is -0.368. The van der Waals surface area contributed by atoms with Crippen LogP contribution in [-0.4, -0.2) is 31.4 Å². The summed E-state index contributed by atoms with van der Waals surface area (Å²) in [5.74, 6) is -0.198. The molecule has 5 heteroatoms. The van der Waals surface area contributed by atoms with Gasteiger partial charge in [-0.05, 0) is 45.1 Å². The molecule has 2 rings (SSSR count). The molecule has 1 aromatic carbocycles. The van der Waals surface area contributed by atoms with E-state index in [9.17, 15) is 4.79 Å². The summed E-state index contributed by atoms with van der Waals surface area (Å²) in [6, 6.07) is 7.99. The highest BCUT2D eigenvalue weighted by Crippen LogP contribution is 2.36. The number of benzene rings is 1. The highest BCUT2D eigenvalue weighted by Gasteiger charge is 2.51. The second-order valence-electron chi connectivity index (χ2n) is 6.41. The SMILES string of the molecule is COC(=O)CCc1cccc(B2OC(C)(C)C(C)(C)O2)c1. The molecule has 0 saturated carbocycles. The third kappa shape index (κ3) is 3.47. The normalized spacial score (nSPS) is 19.6. The lowest BCUT2D eigenvalue weighted by Gasteiger charge is -2.32. The number of ether oxygens (including phenoxy) is 1. The molecule has 0 aliphatic carbocycles. The Morgan fingerprint density at radius 3 is 2.38 bits per heavy atom. The summed E-state index contributed by atoms with van der Waals surface area (Å²) >= 11 is 0. The minimum absolute atomic E-state index is 0.198. The van der Waals surface area contributed by atoms with Crippen LogP contribution in [0.25, 0.3) is 0 Å². The molecular formula is C16H23BO4. The molecule has 0 atom stereocenters. The topological polar surface area (TPSA) is 44.8 Å². The van der Waals surface area contributed by atoms with Crippen LogP contribution >= 0.6 is 0 Å². The van der Waals surface area contributed by atoms with Crippen LogP contribution in [0, 0.1) is 0 Å². The Morgan fingerprint density at radius 1 is 1.19 bits per heavy atom. The van der Waals surface area contributed by atoms with E-state index < -0.39 is 0 Å². The first kappa shape index (κ1) is 16.1. The van der Waals surface area contributed by atoms with Crippen LogP contribution in [0.3, 0.4) is 0 Å². The number of rotatable bonds is 4. The molecule has 0 unspecified atom stereocenters. The summed E-state index contributed by atoms with van der Waals surface area (Å²) in [5.41, 5.74) is 1.36. The van der Waals surface area contributed by atoms with E-state index in [4.69, 9.17) is 9.31 Å². The van der Waals surface area contributed by atoms with Gasteiger partial charge < -0.3 is 14.0 Å². The van der Waals surface area contributed by atoms with E-state index in [1.165, 1.54) is 7.11 Å². The summed E-state index contributed by atoms with van der Waals surface area (Å²) in [6.45, 7) is 8.14. The predicted octanol–water partition coefficient (Wildman–Crippen LogP) is 2.09. The highest BCUT2D eigenvalue weighted by molar-refractivity contribution is 6.62. The van der Waals surface area contributed by atoms with E-state index in [1.54, 1.807) is 0 Å². The maximum Gasteiger partial charge on any atom is 0.494 e. The molecule has 0 spiro atoms. The summed E-state index contributed by atoms with van der Waals surface area (Å²) in [4.78, 5) is 11.2. The third-order valence-corrected chi connectivity index (χ3v) is 4.32. The van der Waals surface area contributed by atoms with Crippen molar-refractivity contribution >= 4 is 18.6 Å². The highest BCUT2D eigenvalue weighted by atomic mass is 16.7. The van der Waals surface area contributed by atoms with Crippen LogP contribution in [0.15, 0.2) is 24.3 Å². The van der Waals surface area contributed by atoms with Gasteiger partial charge in [-0.1, -0.05) is 24.3 Å². The minimum Gasteiger partial charge on any atom is -0.469 e. The Labute approximate surface area is 126 Å². The average Bonchev–Trinajstić information content (AvgIpc) is 2.65. The summed E-state index contributed by atoms with van der Waals surface area (Å²) < 4.78 is 16.7. The zero-order valence-corrected chi connectivity index (χ0v) is 13.4. The molecule has 0 bridgehead atoms. The van der Waals surface area contributed by atoms with Crippen molar-refractivity contribution in [3.63, 3.8) is 0 Å². The lowest BCUT2D eigenvalue weighted by molar-refractivity contribution is -0.140. The molecular weight excluding hydrogens is 267 g/mol. The number of methoxy groups -OCH3 is 1. The molecule has 0 aromatic heterocycles. The fraction of sp³-hybridized carbons (Fsp3) is 0.562. The van der Waals surface area contributed by atoms with Gasteiger partial charge in [0.2, 0.25) is 0 Å². The molecule has 114 valence electrons. The van der Waals surface area contributed by atoms with Crippen molar-refractivity contribution in [1.82, 2.24) is 0 Å². The number of hydrogen-bond acceptors (Lipinski definition) is 4. The third-order valence-electron chi connectivity index (χ3n) is 4.32. The van der Waals surface area contributed by atoms with Gasteiger partial charge in [-0.2, -0.15) is 0 Å². The fourth-order valence-electron chi connectivity index (χ4n) is 2.22. The lowest BCUT2D eigenvalue weighted by Crippen LogP contribution is -2.41. The Bertz CT molecular complexity index is 509. The second-order valence-corrected chi connectivity index (χ2v) is 6.41. The Hall–Kier alpha value is -1.33. The van der Waals surface area contributed by atoms with E-state index in [2.05, 4.69) is 4.74 Å². The van der Waals surface area contributed by atoms with Crippen LogP contribution in [0.1, 0.15) is 39.7 Å². The van der Waals surface area contributed by atoms with Crippen LogP contribution in [0.4, 0.5) is 0 Å². The van der Waals surface area contributed by atoms with Gasteiger partial charge in [0.15, 0.2) is 0 Å². The Kier molecular flexibility index (Phi) is 4.44. The van der Waals surface area contributed by atoms with Crippen molar-refractivity contribution in [1.29, 1.82) is 0 Å². The van der Waals surface area contributed by atoms with Crippen LogP contribution in [0.2, 0.25) is 0 Å². The molecule has 0 amide bonds. The molecule has 1 fully saturated rings. The first-order valence-electron chi connectivity index (χ1n) is 7.26. The molecule has 4 nitrogen and oxygen atoms in total. The number of aryl methyl sites for hydroxylation is 1. The molecule has 0 N–H and O–H groups in total. The first-order chi connectivity index (χ1) is 9.75. The van der Waals surface area contributed by atoms with Crippen molar-refractivity contribution < 1.29 is 18.8 Å². The fourth-order valence-corrected chi connectivity index (χ4v) is 2.22. The quantitative estimate of drug-likeness (QED) is 0.629. The second kappa shape index (κ2) is 5.81. The molecule has 1 aromatic rings. The van der Waals surface area contributed by atoms with Crippen molar-refractivity contribution in [2.24, 2.45) is 0 Å². The van der Waals surface area contributed by atoms with Crippen molar-refractivity contribution in [2.45, 2.75) is 51.7 Å². The van der Waals surface area contributed by atoms with E-state index in [0.29, 0.717) is 12.8 Å². The monoisotopic (exact) mass is 290 g/mol. The molecule has 0 radical (unpaired) electrons. The van der Waals surface area contributed by atoms with E-state index >= 15 is 0 Å². The van der Waals surface area contributed by atoms with Gasteiger partial charge in [0, 0.05) is 6.42 Å². The summed E-state index contributed by atoms with van der Waals surface area (Å²) in [5, 5.41) is 0. The van der Waals surface area contributed by atoms with Gasteiger partial charge in [-0.25, -0.2) is 0 Å². The smallest absolute Gasteiger partial charge is 0.469 e. The van der Waals surface area contributed by atoms with Crippen molar-refractivity contribution in [2.75, 3.05) is 7.11 Å². The van der Waals surface area contributed by atoms with E-state index in [1.807, 2.05) is 52.0 Å². The van der Waals surface area contributed by atoms with Gasteiger partial charge in [0.25, 0.3) is 0 Å². The van der Waals surface area contributed by atoms with Gasteiger partial charge in [0.05, 0.1) is 18.3 Å². The maximum atomic E-state index is 11.2. The Morgan fingerprint density at radius 2 is 1.81 bits per heavy atom. The van der Waals surface area contributed by atoms with E-state index in [0.717, 1.165) is 11.0 Å². The number of hydrogen-bond donors (Lipinski definition) is 0. The van der Waals surface area contributed by atoms with Crippen LogP contribution < -0.4 is 5.46 Å². The average molecular weight is 290 g/mol. The van der Waals surface area contributed by atoms with Crippen molar-refractivity contribution in [3.05, 3.63) is 29.8 Å². The van der Waals surface area contributed by atoms with Gasteiger partial charge in [-0.3, -0.25) is 4.79 Å². The molecule has 1 aliphatic heterocycles. The van der Waals surface area contributed by atoms with Gasteiger partial charge >= 0.3 is 13.1 Å². The summed E-state index contributed by atoms with van der Waals surface area (Å²) in [6.07, 6.45) is 1.03. The van der Waals surface area contributed by atoms with Crippen LogP contribution in [-0.2, 0) is 25.3 Å². The zero-order chi connectivity index (χ0) is 15.7. The number of carbonyl (C=O) groups is 1. The standard InChI is InChI=1S/C16H23BO4/c1-15(2)16(3,4)21-17(20-15)13-8-6-7-12(11-13)9-10-14(18)19-5/h6-8,11H,9-10H2,1-5H3. The summed E-state index contributed by atoms with van der Waals surface area (Å²) in [7, 11) is 1.04. The molecule has 1 heterocycles. The predicted molar refractivity (Wildman–Crippen MR) is 82.5 cm³/mol. The van der Waals surface area contributed by atoms with Crippen molar-refractivity contribution in [3.8, 4) is 0 Å². The van der Waals surface area contributed by atoms with Gasteiger partial charge in [-0.15, -0.1) is 0 Å². The Balaban J connectivity index is 2.10. The molecule has 1 saturated heterocycles. The lowest BCUT2D eigenvalue weighted by atomic mass is 9.78. The van der Waals surface area contributed by atoms with Crippen LogP contribution in [0.5, 0.6) is 0 Å². The molecule has 1 aliphatic rings. The van der Waals surface area contributed by atoms with E-state index in [-0.39, 0.29) is 24.3 Å². The number of carbonyl (C=O) groups excluding carboxylic acids is 1. The first-order valence-corrected chi connectivity index (χ1v) is 7.26. The zero-order valence-electron chi connectivity index (χ0n) is 13.4. The largest absolute Gasteiger partial charge is 0.494 e. The maximum absolute atomic E-state index is 11.2. The van der Waals surface area contributed by atoms with Gasteiger partial charge in [0.1, 0.15) is 0 Å². The molecule has 21 heavy (non-hydrogen) atoms. The number of esters is 1.